The first-order valence-corrected chi connectivity index (χ1v) is 10.8. The van der Waals surface area contributed by atoms with E-state index in [1.54, 1.807) is 0 Å². The van der Waals surface area contributed by atoms with E-state index in [9.17, 15) is 9.59 Å². The lowest BCUT2D eigenvalue weighted by Gasteiger charge is -2.32. The fraction of sp³-hybridized carbons (Fsp3) is 0.280. The van der Waals surface area contributed by atoms with E-state index < -0.39 is 0 Å². The van der Waals surface area contributed by atoms with Gasteiger partial charge in [0.1, 0.15) is 0 Å². The van der Waals surface area contributed by atoms with Crippen LogP contribution in [0.25, 0.3) is 21.9 Å². The van der Waals surface area contributed by atoms with Gasteiger partial charge in [0.15, 0.2) is 0 Å². The molecule has 1 unspecified atom stereocenters. The number of hydrogen-bond donors (Lipinski definition) is 1. The number of likely N-dealkylation sites (tertiary alicyclic amines) is 1. The summed E-state index contributed by atoms with van der Waals surface area (Å²) in [7, 11) is 0. The van der Waals surface area contributed by atoms with Crippen LogP contribution in [0, 0.1) is 5.92 Å². The highest BCUT2D eigenvalue weighted by molar-refractivity contribution is 6.30. The maximum absolute atomic E-state index is 13.1. The van der Waals surface area contributed by atoms with Gasteiger partial charge in [-0.2, -0.15) is 0 Å². The summed E-state index contributed by atoms with van der Waals surface area (Å²) >= 11 is 6.03. The second kappa shape index (κ2) is 8.88. The zero-order chi connectivity index (χ0) is 21.1. The minimum Gasteiger partial charge on any atom is -0.370 e. The molecule has 154 valence electrons. The Kier molecular flexibility index (Phi) is 6.05. The summed E-state index contributed by atoms with van der Waals surface area (Å²) < 4.78 is 0. The molecule has 4 rings (SSSR count). The van der Waals surface area contributed by atoms with Gasteiger partial charge in [-0.1, -0.05) is 48.0 Å². The highest BCUT2D eigenvalue weighted by atomic mass is 35.5. The maximum Gasteiger partial charge on any atom is 0.253 e. The van der Waals surface area contributed by atoms with Crippen molar-refractivity contribution in [1.82, 2.24) is 4.90 Å². The fourth-order valence-corrected chi connectivity index (χ4v) is 4.44. The molecule has 4 nitrogen and oxygen atoms in total. The molecule has 5 heteroatoms. The number of nitrogens with two attached hydrogens (primary N) is 1. The number of fused-ring (bicyclic) bond motifs is 1. The van der Waals surface area contributed by atoms with Gasteiger partial charge in [0, 0.05) is 30.1 Å². The van der Waals surface area contributed by atoms with E-state index >= 15 is 0 Å². The maximum atomic E-state index is 13.1. The van der Waals surface area contributed by atoms with Crippen molar-refractivity contribution in [3.63, 3.8) is 0 Å². The van der Waals surface area contributed by atoms with Crippen LogP contribution < -0.4 is 5.73 Å². The summed E-state index contributed by atoms with van der Waals surface area (Å²) in [5.74, 6) is 0.120. The molecule has 0 radical (unpaired) electrons. The third kappa shape index (κ3) is 4.49. The second-order valence-electron chi connectivity index (χ2n) is 8.01. The topological polar surface area (TPSA) is 63.4 Å². The van der Waals surface area contributed by atoms with Crippen LogP contribution in [0.4, 0.5) is 0 Å². The zero-order valence-corrected chi connectivity index (χ0v) is 17.6. The first kappa shape index (κ1) is 20.4. The summed E-state index contributed by atoms with van der Waals surface area (Å²) in [5.41, 5.74) is 8.20. The molecular formula is C25H25ClN2O2. The predicted molar refractivity (Wildman–Crippen MR) is 121 cm³/mol. The molecule has 1 saturated heterocycles. The standard InChI is InChI=1S/C25H25ClN2O2/c26-21-10-7-18(8-11-21)22-5-1-4-19-15-20(9-12-23(19)22)25(30)28-14-2-3-17(16-28)6-13-24(27)29/h1,4-5,7-12,15,17H,2-3,6,13-14,16H2,(H2,27,29). The lowest BCUT2D eigenvalue weighted by molar-refractivity contribution is -0.118. The molecule has 0 bridgehead atoms. The van der Waals surface area contributed by atoms with Gasteiger partial charge in [0.2, 0.25) is 5.91 Å². The molecule has 0 saturated carbocycles. The summed E-state index contributed by atoms with van der Waals surface area (Å²) in [5, 5.41) is 2.85. The third-order valence-electron chi connectivity index (χ3n) is 5.89. The lowest BCUT2D eigenvalue weighted by Crippen LogP contribution is -2.40. The smallest absolute Gasteiger partial charge is 0.253 e. The van der Waals surface area contributed by atoms with Crippen LogP contribution in [0.2, 0.25) is 5.02 Å². The summed E-state index contributed by atoms with van der Waals surface area (Å²) in [6.45, 7) is 1.45. The Labute approximate surface area is 181 Å². The van der Waals surface area contributed by atoms with Gasteiger partial charge in [0.05, 0.1) is 0 Å². The molecule has 0 aliphatic carbocycles. The lowest BCUT2D eigenvalue weighted by atomic mass is 9.92. The van der Waals surface area contributed by atoms with Crippen molar-refractivity contribution in [2.45, 2.75) is 25.7 Å². The van der Waals surface area contributed by atoms with E-state index in [1.165, 1.54) is 0 Å². The molecule has 1 atom stereocenters. The monoisotopic (exact) mass is 420 g/mol. The van der Waals surface area contributed by atoms with E-state index in [1.807, 2.05) is 59.5 Å². The van der Waals surface area contributed by atoms with Crippen LogP contribution in [0.3, 0.4) is 0 Å². The number of rotatable bonds is 5. The van der Waals surface area contributed by atoms with Crippen molar-refractivity contribution in [2.24, 2.45) is 11.7 Å². The van der Waals surface area contributed by atoms with Crippen LogP contribution in [-0.4, -0.2) is 29.8 Å². The quantitative estimate of drug-likeness (QED) is 0.610. The van der Waals surface area contributed by atoms with E-state index in [2.05, 4.69) is 6.07 Å². The molecular weight excluding hydrogens is 396 g/mol. The van der Waals surface area contributed by atoms with Crippen LogP contribution >= 0.6 is 11.6 Å². The average molecular weight is 421 g/mol. The molecule has 30 heavy (non-hydrogen) atoms. The van der Waals surface area contributed by atoms with Crippen molar-refractivity contribution < 1.29 is 9.59 Å². The van der Waals surface area contributed by atoms with E-state index in [-0.39, 0.29) is 11.8 Å². The molecule has 0 aromatic heterocycles. The molecule has 1 fully saturated rings. The Bertz CT molecular complexity index is 1080. The minimum atomic E-state index is -0.274. The number of carbonyl (C=O) groups excluding carboxylic acids is 2. The average Bonchev–Trinajstić information content (AvgIpc) is 2.77. The van der Waals surface area contributed by atoms with Gasteiger partial charge in [-0.25, -0.2) is 0 Å². The normalized spacial score (nSPS) is 16.6. The zero-order valence-electron chi connectivity index (χ0n) is 16.8. The third-order valence-corrected chi connectivity index (χ3v) is 6.14. The van der Waals surface area contributed by atoms with Gasteiger partial charge in [-0.3, -0.25) is 9.59 Å². The molecule has 1 aliphatic rings. The highest BCUT2D eigenvalue weighted by Gasteiger charge is 2.25. The number of piperidine rings is 1. The summed E-state index contributed by atoms with van der Waals surface area (Å²) in [6, 6.07) is 19.9. The van der Waals surface area contributed by atoms with Gasteiger partial charge in [-0.15, -0.1) is 0 Å². The van der Waals surface area contributed by atoms with Gasteiger partial charge >= 0.3 is 0 Å². The Morgan fingerprint density at radius 1 is 1.07 bits per heavy atom. The van der Waals surface area contributed by atoms with Crippen LogP contribution in [0.1, 0.15) is 36.0 Å². The van der Waals surface area contributed by atoms with Crippen LogP contribution in [0.15, 0.2) is 60.7 Å². The predicted octanol–water partition coefficient (Wildman–Crippen LogP) is 5.28. The van der Waals surface area contributed by atoms with E-state index in [4.69, 9.17) is 17.3 Å². The van der Waals surface area contributed by atoms with E-state index in [0.717, 1.165) is 47.7 Å². The Hall–Kier alpha value is -2.85. The van der Waals surface area contributed by atoms with Crippen molar-refractivity contribution in [2.75, 3.05) is 13.1 Å². The second-order valence-corrected chi connectivity index (χ2v) is 8.45. The number of hydrogen-bond acceptors (Lipinski definition) is 2. The molecule has 2 amide bonds. The SMILES string of the molecule is NC(=O)CCC1CCCN(C(=O)c2ccc3c(-c4ccc(Cl)cc4)cccc3c2)C1. The number of carbonyl (C=O) groups is 2. The Morgan fingerprint density at radius 3 is 2.63 bits per heavy atom. The largest absolute Gasteiger partial charge is 0.370 e. The van der Waals surface area contributed by atoms with Crippen LogP contribution in [-0.2, 0) is 4.79 Å². The minimum absolute atomic E-state index is 0.0533. The van der Waals surface area contributed by atoms with Gasteiger partial charge in [0.25, 0.3) is 5.91 Å². The number of halogens is 1. The van der Waals surface area contributed by atoms with E-state index in [0.29, 0.717) is 29.5 Å². The first-order chi connectivity index (χ1) is 14.5. The van der Waals surface area contributed by atoms with Crippen molar-refractivity contribution in [1.29, 1.82) is 0 Å². The number of benzene rings is 3. The van der Waals surface area contributed by atoms with Crippen molar-refractivity contribution >= 4 is 34.2 Å². The molecule has 1 aliphatic heterocycles. The molecule has 2 N–H and O–H groups in total. The first-order valence-electron chi connectivity index (χ1n) is 10.4. The Balaban J connectivity index is 1.57. The van der Waals surface area contributed by atoms with Crippen molar-refractivity contribution in [3.05, 3.63) is 71.2 Å². The molecule has 3 aromatic carbocycles. The van der Waals surface area contributed by atoms with Gasteiger partial charge < -0.3 is 10.6 Å². The number of nitrogens with zero attached hydrogens (tertiary/aromatic N) is 1. The summed E-state index contributed by atoms with van der Waals surface area (Å²) in [6.07, 6.45) is 3.14. The molecule has 0 spiro atoms. The molecule has 3 aromatic rings. The summed E-state index contributed by atoms with van der Waals surface area (Å²) in [4.78, 5) is 26.1. The fourth-order valence-electron chi connectivity index (χ4n) is 4.31. The number of amides is 2. The Morgan fingerprint density at radius 2 is 1.87 bits per heavy atom. The van der Waals surface area contributed by atoms with Crippen molar-refractivity contribution in [3.8, 4) is 11.1 Å². The number of primary amides is 1. The van der Waals surface area contributed by atoms with Crippen LogP contribution in [0.5, 0.6) is 0 Å². The highest BCUT2D eigenvalue weighted by Crippen LogP contribution is 2.31. The molecule has 1 heterocycles. The van der Waals surface area contributed by atoms with Gasteiger partial charge in [-0.05, 0) is 71.3 Å².